The minimum Gasteiger partial charge on any atom is -0.477 e. The average Bonchev–Trinajstić information content (AvgIpc) is 2.38. The van der Waals surface area contributed by atoms with Crippen molar-refractivity contribution in [2.45, 2.75) is 45.4 Å². The van der Waals surface area contributed by atoms with Crippen molar-refractivity contribution in [3.63, 3.8) is 0 Å². The molecule has 1 aromatic heterocycles. The summed E-state index contributed by atoms with van der Waals surface area (Å²) in [5.41, 5.74) is 0.539. The molecule has 0 spiro atoms. The fourth-order valence-electron chi connectivity index (χ4n) is 1.52. The molecule has 0 saturated carbocycles. The number of hydrogen-bond donors (Lipinski definition) is 0. The van der Waals surface area contributed by atoms with Crippen LogP contribution in [0.4, 0.5) is 0 Å². The Kier molecular flexibility index (Phi) is 6.81. The first-order valence-electron chi connectivity index (χ1n) is 6.28. The SMILES string of the molecule is C#Cc1cnc(OCCCCCCCC)cn1. The third kappa shape index (κ3) is 5.91. The summed E-state index contributed by atoms with van der Waals surface area (Å²) < 4.78 is 5.47. The first-order chi connectivity index (χ1) is 8.36. The molecule has 0 unspecified atom stereocenters. The molecule has 17 heavy (non-hydrogen) atoms. The molecule has 92 valence electrons. The monoisotopic (exact) mass is 232 g/mol. The molecule has 0 amide bonds. The maximum atomic E-state index is 5.47. The lowest BCUT2D eigenvalue weighted by molar-refractivity contribution is 0.292. The summed E-state index contributed by atoms with van der Waals surface area (Å²) in [6, 6.07) is 0. The molecule has 0 fully saturated rings. The highest BCUT2D eigenvalue weighted by Gasteiger charge is 1.96. The third-order valence-electron chi connectivity index (χ3n) is 2.52. The Labute approximate surface area is 104 Å². The van der Waals surface area contributed by atoms with Gasteiger partial charge in [0.25, 0.3) is 0 Å². The van der Waals surface area contributed by atoms with Crippen LogP contribution in [0.15, 0.2) is 12.4 Å². The Morgan fingerprint density at radius 3 is 2.53 bits per heavy atom. The Morgan fingerprint density at radius 1 is 1.12 bits per heavy atom. The fraction of sp³-hybridized carbons (Fsp3) is 0.571. The highest BCUT2D eigenvalue weighted by Crippen LogP contribution is 2.07. The van der Waals surface area contributed by atoms with Crippen LogP contribution in [-0.2, 0) is 0 Å². The number of unbranched alkanes of at least 4 members (excludes halogenated alkanes) is 5. The van der Waals surface area contributed by atoms with E-state index in [4.69, 9.17) is 11.2 Å². The molecule has 3 nitrogen and oxygen atoms in total. The number of rotatable bonds is 8. The third-order valence-corrected chi connectivity index (χ3v) is 2.52. The highest BCUT2D eigenvalue weighted by atomic mass is 16.5. The Balaban J connectivity index is 2.08. The largest absolute Gasteiger partial charge is 0.477 e. The first kappa shape index (κ1) is 13.5. The Bertz CT molecular complexity index is 340. The molecule has 1 rings (SSSR count). The van der Waals surface area contributed by atoms with Crippen LogP contribution in [0.5, 0.6) is 5.88 Å². The van der Waals surface area contributed by atoms with Crippen molar-refractivity contribution in [3.8, 4) is 18.2 Å². The van der Waals surface area contributed by atoms with Gasteiger partial charge in [-0.15, -0.1) is 6.42 Å². The summed E-state index contributed by atoms with van der Waals surface area (Å²) in [4.78, 5) is 8.08. The zero-order chi connectivity index (χ0) is 12.3. The van der Waals surface area contributed by atoms with Gasteiger partial charge < -0.3 is 4.74 Å². The number of terminal acetylenes is 1. The van der Waals surface area contributed by atoms with Crippen LogP contribution in [-0.4, -0.2) is 16.6 Å². The summed E-state index contributed by atoms with van der Waals surface area (Å²) in [6.07, 6.45) is 15.8. The molecule has 0 aliphatic rings. The van der Waals surface area contributed by atoms with Gasteiger partial charge in [0, 0.05) is 0 Å². The van der Waals surface area contributed by atoms with Crippen LogP contribution in [0.25, 0.3) is 0 Å². The van der Waals surface area contributed by atoms with Crippen molar-refractivity contribution in [2.24, 2.45) is 0 Å². The van der Waals surface area contributed by atoms with Crippen molar-refractivity contribution < 1.29 is 4.74 Å². The van der Waals surface area contributed by atoms with Crippen molar-refractivity contribution in [1.29, 1.82) is 0 Å². The molecule has 1 aromatic rings. The van der Waals surface area contributed by atoms with Gasteiger partial charge in [0.1, 0.15) is 5.69 Å². The van der Waals surface area contributed by atoms with Crippen molar-refractivity contribution >= 4 is 0 Å². The van der Waals surface area contributed by atoms with E-state index in [0.29, 0.717) is 18.2 Å². The highest BCUT2D eigenvalue weighted by molar-refractivity contribution is 5.22. The topological polar surface area (TPSA) is 35.0 Å². The number of ether oxygens (including phenoxy) is 1. The van der Waals surface area contributed by atoms with Gasteiger partial charge in [0.2, 0.25) is 5.88 Å². The van der Waals surface area contributed by atoms with Crippen LogP contribution in [0, 0.1) is 12.3 Å². The summed E-state index contributed by atoms with van der Waals surface area (Å²) in [5, 5.41) is 0. The van der Waals surface area contributed by atoms with Gasteiger partial charge >= 0.3 is 0 Å². The molecule has 0 aliphatic carbocycles. The molecule has 0 aliphatic heterocycles. The normalized spacial score (nSPS) is 9.88. The standard InChI is InChI=1S/C14H20N2O/c1-3-5-6-7-8-9-10-17-14-12-15-13(4-2)11-16-14/h2,11-12H,3,5-10H2,1H3. The molecule has 0 atom stereocenters. The molecule has 3 heteroatoms. The van der Waals surface area contributed by atoms with E-state index < -0.39 is 0 Å². The smallest absolute Gasteiger partial charge is 0.232 e. The number of nitrogens with zero attached hydrogens (tertiary/aromatic N) is 2. The molecular weight excluding hydrogens is 212 g/mol. The van der Waals surface area contributed by atoms with E-state index in [1.54, 1.807) is 12.4 Å². The predicted octanol–water partition coefficient (Wildman–Crippen LogP) is 3.20. The van der Waals surface area contributed by atoms with Crippen molar-refractivity contribution in [1.82, 2.24) is 9.97 Å². The predicted molar refractivity (Wildman–Crippen MR) is 68.8 cm³/mol. The first-order valence-corrected chi connectivity index (χ1v) is 6.28. The lowest BCUT2D eigenvalue weighted by atomic mass is 10.1. The van der Waals surface area contributed by atoms with E-state index in [1.807, 2.05) is 0 Å². The summed E-state index contributed by atoms with van der Waals surface area (Å²) in [5.74, 6) is 2.97. The second-order valence-electron chi connectivity index (χ2n) is 4.00. The summed E-state index contributed by atoms with van der Waals surface area (Å²) in [6.45, 7) is 2.93. The molecule has 1 heterocycles. The van der Waals surface area contributed by atoms with Crippen molar-refractivity contribution in [3.05, 3.63) is 18.1 Å². The number of hydrogen-bond acceptors (Lipinski definition) is 3. The Hall–Kier alpha value is -1.56. The molecular formula is C14H20N2O. The lowest BCUT2D eigenvalue weighted by Crippen LogP contribution is -2.00. The molecule has 0 aromatic carbocycles. The minimum atomic E-state index is 0.539. The quantitative estimate of drug-likeness (QED) is 0.510. The second-order valence-corrected chi connectivity index (χ2v) is 4.00. The van der Waals surface area contributed by atoms with E-state index >= 15 is 0 Å². The fourth-order valence-corrected chi connectivity index (χ4v) is 1.52. The molecule has 0 N–H and O–H groups in total. The van der Waals surface area contributed by atoms with E-state index in [9.17, 15) is 0 Å². The molecule has 0 saturated heterocycles. The Morgan fingerprint density at radius 2 is 1.88 bits per heavy atom. The van der Waals surface area contributed by atoms with Crippen LogP contribution in [0.1, 0.15) is 51.1 Å². The van der Waals surface area contributed by atoms with E-state index in [0.717, 1.165) is 6.42 Å². The van der Waals surface area contributed by atoms with Crippen LogP contribution in [0.3, 0.4) is 0 Å². The van der Waals surface area contributed by atoms with Gasteiger partial charge in [-0.25, -0.2) is 9.97 Å². The number of aromatic nitrogens is 2. The maximum Gasteiger partial charge on any atom is 0.232 e. The van der Waals surface area contributed by atoms with Gasteiger partial charge in [0.05, 0.1) is 19.0 Å². The zero-order valence-electron chi connectivity index (χ0n) is 10.5. The van der Waals surface area contributed by atoms with E-state index in [1.165, 1.54) is 32.1 Å². The average molecular weight is 232 g/mol. The minimum absolute atomic E-state index is 0.539. The second kappa shape index (κ2) is 8.58. The summed E-state index contributed by atoms with van der Waals surface area (Å²) >= 11 is 0. The van der Waals surface area contributed by atoms with Crippen LogP contribution < -0.4 is 4.74 Å². The zero-order valence-corrected chi connectivity index (χ0v) is 10.5. The van der Waals surface area contributed by atoms with E-state index in [-0.39, 0.29) is 0 Å². The maximum absolute atomic E-state index is 5.47. The lowest BCUT2D eigenvalue weighted by Gasteiger charge is -2.04. The van der Waals surface area contributed by atoms with Gasteiger partial charge in [-0.1, -0.05) is 39.0 Å². The van der Waals surface area contributed by atoms with Gasteiger partial charge in [-0.2, -0.15) is 0 Å². The van der Waals surface area contributed by atoms with Gasteiger partial charge in [0.15, 0.2) is 0 Å². The van der Waals surface area contributed by atoms with Crippen LogP contribution >= 0.6 is 0 Å². The van der Waals surface area contributed by atoms with Gasteiger partial charge in [-0.05, 0) is 12.3 Å². The van der Waals surface area contributed by atoms with Crippen molar-refractivity contribution in [2.75, 3.05) is 6.61 Å². The van der Waals surface area contributed by atoms with Crippen LogP contribution in [0.2, 0.25) is 0 Å². The van der Waals surface area contributed by atoms with E-state index in [2.05, 4.69) is 22.8 Å². The van der Waals surface area contributed by atoms with Gasteiger partial charge in [-0.3, -0.25) is 0 Å². The molecule has 0 radical (unpaired) electrons. The molecule has 0 bridgehead atoms. The summed E-state index contributed by atoms with van der Waals surface area (Å²) in [7, 11) is 0.